The molecule has 0 unspecified atom stereocenters. The number of aromatic hydroxyl groups is 1. The maximum absolute atomic E-state index is 9.87. The molecule has 94 valence electrons. The summed E-state index contributed by atoms with van der Waals surface area (Å²) in [4.78, 5) is 8.36. The van der Waals surface area contributed by atoms with Crippen LogP contribution in [-0.2, 0) is 13.1 Å². The molecule has 0 bridgehead atoms. The molecule has 0 atom stereocenters. The number of phenols is 1. The van der Waals surface area contributed by atoms with E-state index < -0.39 is 0 Å². The van der Waals surface area contributed by atoms with Crippen molar-refractivity contribution in [2.45, 2.75) is 26.9 Å². The normalized spacial score (nSPS) is 10.6. The second-order valence-corrected chi connectivity index (χ2v) is 4.28. The molecule has 1 aromatic carbocycles. The van der Waals surface area contributed by atoms with Crippen molar-refractivity contribution in [3.63, 3.8) is 0 Å². The van der Waals surface area contributed by atoms with Crippen LogP contribution < -0.4 is 5.32 Å². The van der Waals surface area contributed by atoms with Gasteiger partial charge in [0.2, 0.25) is 0 Å². The van der Waals surface area contributed by atoms with Crippen LogP contribution in [0.5, 0.6) is 5.75 Å². The lowest BCUT2D eigenvalue weighted by Gasteiger charge is -2.08. The number of rotatable bonds is 4. The van der Waals surface area contributed by atoms with Gasteiger partial charge in [-0.25, -0.2) is 9.97 Å². The Morgan fingerprint density at radius 1 is 1.17 bits per heavy atom. The van der Waals surface area contributed by atoms with E-state index in [0.29, 0.717) is 18.8 Å². The molecule has 2 N–H and O–H groups in total. The standard InChI is InChI=1S/C14H17N3O/c1-10-4-3-5-12(14(10)18)8-15-9-13-6-7-16-11(2)17-13/h3-7,15,18H,8-9H2,1-2H3. The van der Waals surface area contributed by atoms with Gasteiger partial charge in [0.25, 0.3) is 0 Å². The number of nitrogens with zero attached hydrogens (tertiary/aromatic N) is 2. The van der Waals surface area contributed by atoms with E-state index in [0.717, 1.165) is 22.6 Å². The molecule has 0 radical (unpaired) electrons. The van der Waals surface area contributed by atoms with Crippen molar-refractivity contribution in [3.05, 3.63) is 53.1 Å². The van der Waals surface area contributed by atoms with Gasteiger partial charge < -0.3 is 10.4 Å². The summed E-state index contributed by atoms with van der Waals surface area (Å²) in [5.41, 5.74) is 2.75. The van der Waals surface area contributed by atoms with Crippen molar-refractivity contribution in [1.82, 2.24) is 15.3 Å². The fourth-order valence-corrected chi connectivity index (χ4v) is 1.79. The predicted molar refractivity (Wildman–Crippen MR) is 70.2 cm³/mol. The molecular formula is C14H17N3O. The summed E-state index contributed by atoms with van der Waals surface area (Å²) in [7, 11) is 0. The van der Waals surface area contributed by atoms with Gasteiger partial charge in [0.1, 0.15) is 11.6 Å². The van der Waals surface area contributed by atoms with Crippen LogP contribution in [0.2, 0.25) is 0 Å². The molecule has 2 rings (SSSR count). The van der Waals surface area contributed by atoms with Crippen molar-refractivity contribution in [1.29, 1.82) is 0 Å². The molecule has 4 heteroatoms. The zero-order chi connectivity index (χ0) is 13.0. The lowest BCUT2D eigenvalue weighted by atomic mass is 10.1. The van der Waals surface area contributed by atoms with Gasteiger partial charge in [-0.3, -0.25) is 0 Å². The average molecular weight is 243 g/mol. The van der Waals surface area contributed by atoms with Crippen LogP contribution >= 0.6 is 0 Å². The zero-order valence-corrected chi connectivity index (χ0v) is 10.6. The van der Waals surface area contributed by atoms with E-state index in [1.165, 1.54) is 0 Å². The third-order valence-corrected chi connectivity index (χ3v) is 2.78. The minimum absolute atomic E-state index is 0.365. The Balaban J connectivity index is 1.94. The van der Waals surface area contributed by atoms with Crippen molar-refractivity contribution in [2.24, 2.45) is 0 Å². The Morgan fingerprint density at radius 2 is 2.00 bits per heavy atom. The molecule has 18 heavy (non-hydrogen) atoms. The number of hydrogen-bond acceptors (Lipinski definition) is 4. The summed E-state index contributed by atoms with van der Waals surface area (Å²) in [5, 5.41) is 13.1. The minimum atomic E-state index is 0.365. The maximum atomic E-state index is 9.87. The Hall–Kier alpha value is -1.94. The summed E-state index contributed by atoms with van der Waals surface area (Å²) in [6.07, 6.45) is 1.75. The Bertz CT molecular complexity index is 540. The summed E-state index contributed by atoms with van der Waals surface area (Å²) in [5.74, 6) is 1.14. The molecule has 0 aliphatic carbocycles. The van der Waals surface area contributed by atoms with Crippen molar-refractivity contribution in [2.75, 3.05) is 0 Å². The Labute approximate surface area is 107 Å². The van der Waals surface area contributed by atoms with E-state index in [1.54, 1.807) is 6.20 Å². The third kappa shape index (κ3) is 3.05. The first kappa shape index (κ1) is 12.5. The van der Waals surface area contributed by atoms with Crippen molar-refractivity contribution in [3.8, 4) is 5.75 Å². The molecule has 2 aromatic rings. The molecular weight excluding hydrogens is 226 g/mol. The lowest BCUT2D eigenvalue weighted by Crippen LogP contribution is -2.14. The highest BCUT2D eigenvalue weighted by Crippen LogP contribution is 2.20. The average Bonchev–Trinajstić information content (AvgIpc) is 2.35. The minimum Gasteiger partial charge on any atom is -0.507 e. The summed E-state index contributed by atoms with van der Waals surface area (Å²) in [6.45, 7) is 5.05. The largest absolute Gasteiger partial charge is 0.507 e. The van der Waals surface area contributed by atoms with Gasteiger partial charge in [0, 0.05) is 24.8 Å². The monoisotopic (exact) mass is 243 g/mol. The molecule has 0 aliphatic rings. The second kappa shape index (κ2) is 5.60. The van der Waals surface area contributed by atoms with Crippen LogP contribution in [0.3, 0.4) is 0 Å². The Kier molecular flexibility index (Phi) is 3.89. The highest BCUT2D eigenvalue weighted by Gasteiger charge is 2.03. The van der Waals surface area contributed by atoms with Crippen molar-refractivity contribution >= 4 is 0 Å². The number of aromatic nitrogens is 2. The molecule has 1 heterocycles. The summed E-state index contributed by atoms with van der Waals surface area (Å²) in [6, 6.07) is 7.64. The maximum Gasteiger partial charge on any atom is 0.125 e. The third-order valence-electron chi connectivity index (χ3n) is 2.78. The topological polar surface area (TPSA) is 58.0 Å². The first-order chi connectivity index (χ1) is 8.66. The molecule has 0 saturated heterocycles. The van der Waals surface area contributed by atoms with E-state index >= 15 is 0 Å². The first-order valence-electron chi connectivity index (χ1n) is 5.93. The fourth-order valence-electron chi connectivity index (χ4n) is 1.79. The molecule has 0 amide bonds. The fraction of sp³-hybridized carbons (Fsp3) is 0.286. The SMILES string of the molecule is Cc1nccc(CNCc2cccc(C)c2O)n1. The molecule has 4 nitrogen and oxygen atoms in total. The van der Waals surface area contributed by atoms with E-state index in [1.807, 2.05) is 38.1 Å². The number of aryl methyl sites for hydroxylation is 2. The number of para-hydroxylation sites is 1. The summed E-state index contributed by atoms with van der Waals surface area (Å²) >= 11 is 0. The second-order valence-electron chi connectivity index (χ2n) is 4.28. The smallest absolute Gasteiger partial charge is 0.125 e. The van der Waals surface area contributed by atoms with Crippen molar-refractivity contribution < 1.29 is 5.11 Å². The quantitative estimate of drug-likeness (QED) is 0.863. The van der Waals surface area contributed by atoms with Crippen LogP contribution in [0.1, 0.15) is 22.6 Å². The van der Waals surface area contributed by atoms with Crippen LogP contribution in [0.25, 0.3) is 0 Å². The van der Waals surface area contributed by atoms with E-state index in [4.69, 9.17) is 0 Å². The highest BCUT2D eigenvalue weighted by atomic mass is 16.3. The van der Waals surface area contributed by atoms with Gasteiger partial charge in [-0.15, -0.1) is 0 Å². The highest BCUT2D eigenvalue weighted by molar-refractivity contribution is 5.39. The number of benzene rings is 1. The number of phenolic OH excluding ortho intramolecular Hbond substituents is 1. The predicted octanol–water partition coefficient (Wildman–Crippen LogP) is 2.09. The number of nitrogens with one attached hydrogen (secondary N) is 1. The van der Waals surface area contributed by atoms with Gasteiger partial charge in [0.05, 0.1) is 5.69 Å². The molecule has 0 aliphatic heterocycles. The molecule has 0 saturated carbocycles. The van der Waals surface area contributed by atoms with Crippen LogP contribution in [-0.4, -0.2) is 15.1 Å². The van der Waals surface area contributed by atoms with Crippen LogP contribution in [0.4, 0.5) is 0 Å². The Morgan fingerprint density at radius 3 is 2.78 bits per heavy atom. The lowest BCUT2D eigenvalue weighted by molar-refractivity contribution is 0.460. The first-order valence-corrected chi connectivity index (χ1v) is 5.93. The van der Waals surface area contributed by atoms with Gasteiger partial charge in [0.15, 0.2) is 0 Å². The molecule has 1 aromatic heterocycles. The van der Waals surface area contributed by atoms with Gasteiger partial charge in [-0.2, -0.15) is 0 Å². The van der Waals surface area contributed by atoms with Gasteiger partial charge in [-0.1, -0.05) is 18.2 Å². The van der Waals surface area contributed by atoms with Gasteiger partial charge >= 0.3 is 0 Å². The molecule has 0 fully saturated rings. The van der Waals surface area contributed by atoms with E-state index in [-0.39, 0.29) is 0 Å². The number of hydrogen-bond donors (Lipinski definition) is 2. The summed E-state index contributed by atoms with van der Waals surface area (Å²) < 4.78 is 0. The van der Waals surface area contributed by atoms with Crippen LogP contribution in [0.15, 0.2) is 30.5 Å². The zero-order valence-electron chi connectivity index (χ0n) is 10.6. The molecule has 0 spiro atoms. The van der Waals surface area contributed by atoms with Gasteiger partial charge in [-0.05, 0) is 25.5 Å². The van der Waals surface area contributed by atoms with Crippen LogP contribution in [0, 0.1) is 13.8 Å². The van der Waals surface area contributed by atoms with E-state index in [9.17, 15) is 5.11 Å². The van der Waals surface area contributed by atoms with E-state index in [2.05, 4.69) is 15.3 Å².